The number of benzene rings is 2. The lowest BCUT2D eigenvalue weighted by Gasteiger charge is -2.07. The fraction of sp³-hybridized carbons (Fsp3) is 0.273. The summed E-state index contributed by atoms with van der Waals surface area (Å²) >= 11 is 1.47. The van der Waals surface area contributed by atoms with Gasteiger partial charge >= 0.3 is 0 Å². The van der Waals surface area contributed by atoms with E-state index >= 15 is 0 Å². The third-order valence-corrected chi connectivity index (χ3v) is 5.81. The van der Waals surface area contributed by atoms with E-state index in [1.54, 1.807) is 13.1 Å². The monoisotopic (exact) mass is 406 g/mol. The number of amides is 1. The van der Waals surface area contributed by atoms with Crippen molar-refractivity contribution in [1.82, 2.24) is 14.8 Å². The van der Waals surface area contributed by atoms with E-state index in [1.165, 1.54) is 21.6 Å². The molecule has 0 atom stereocenters. The van der Waals surface area contributed by atoms with Gasteiger partial charge in [0.25, 0.3) is 5.56 Å². The highest BCUT2D eigenvalue weighted by molar-refractivity contribution is 7.22. The number of nitrogens with one attached hydrogen (secondary N) is 1. The number of carbonyl (C=O) groups is 1. The lowest BCUT2D eigenvalue weighted by molar-refractivity contribution is -0.115. The van der Waals surface area contributed by atoms with Gasteiger partial charge in [-0.05, 0) is 36.6 Å². The molecule has 0 aliphatic rings. The van der Waals surface area contributed by atoms with Crippen molar-refractivity contribution in [2.45, 2.75) is 32.6 Å². The van der Waals surface area contributed by atoms with Crippen molar-refractivity contribution in [3.8, 4) is 0 Å². The van der Waals surface area contributed by atoms with Gasteiger partial charge in [-0.15, -0.1) is 0 Å². The van der Waals surface area contributed by atoms with Crippen molar-refractivity contribution < 1.29 is 4.79 Å². The van der Waals surface area contributed by atoms with Crippen LogP contribution >= 0.6 is 11.3 Å². The predicted octanol–water partition coefficient (Wildman–Crippen LogP) is 4.07. The van der Waals surface area contributed by atoms with Gasteiger partial charge in [0.2, 0.25) is 5.91 Å². The second-order valence-electron chi connectivity index (χ2n) is 7.07. The van der Waals surface area contributed by atoms with Crippen LogP contribution in [0.4, 0.5) is 5.13 Å². The number of thiazole rings is 1. The summed E-state index contributed by atoms with van der Waals surface area (Å²) in [7, 11) is 1.60. The first-order valence-electron chi connectivity index (χ1n) is 9.69. The molecule has 0 unspecified atom stereocenters. The lowest BCUT2D eigenvalue weighted by Crippen LogP contribution is -2.24. The van der Waals surface area contributed by atoms with Gasteiger partial charge in [0.05, 0.1) is 27.7 Å². The van der Waals surface area contributed by atoms with Gasteiger partial charge in [-0.25, -0.2) is 9.67 Å². The number of hydrogen-bond donors (Lipinski definition) is 1. The fourth-order valence-electron chi connectivity index (χ4n) is 3.38. The third kappa shape index (κ3) is 4.05. The average Bonchev–Trinajstić information content (AvgIpc) is 3.11. The molecule has 0 saturated carbocycles. The van der Waals surface area contributed by atoms with E-state index in [1.807, 2.05) is 24.3 Å². The second-order valence-corrected chi connectivity index (χ2v) is 8.10. The summed E-state index contributed by atoms with van der Waals surface area (Å²) in [6.45, 7) is 2.18. The number of anilines is 1. The van der Waals surface area contributed by atoms with Gasteiger partial charge in [0, 0.05) is 12.4 Å². The molecule has 0 aliphatic carbocycles. The molecule has 2 aromatic carbocycles. The van der Waals surface area contributed by atoms with Crippen LogP contribution in [-0.2, 0) is 24.7 Å². The van der Waals surface area contributed by atoms with Gasteiger partial charge < -0.3 is 5.32 Å². The number of nitrogens with zero attached hydrogens (tertiary/aromatic N) is 3. The number of unbranched alkanes of at least 4 members (excludes halogenated alkanes) is 1. The van der Waals surface area contributed by atoms with Crippen LogP contribution in [0.5, 0.6) is 0 Å². The third-order valence-electron chi connectivity index (χ3n) is 4.88. The molecule has 0 spiro atoms. The Hall–Kier alpha value is -3.06. The van der Waals surface area contributed by atoms with Gasteiger partial charge in [-0.1, -0.05) is 48.9 Å². The fourth-order valence-corrected chi connectivity index (χ4v) is 4.33. The Morgan fingerprint density at radius 1 is 1.17 bits per heavy atom. The number of carbonyl (C=O) groups excluding carboxylic acids is 1. The zero-order chi connectivity index (χ0) is 20.4. The Balaban J connectivity index is 1.55. The van der Waals surface area contributed by atoms with Crippen LogP contribution in [0.2, 0.25) is 0 Å². The molecule has 0 fully saturated rings. The zero-order valence-electron chi connectivity index (χ0n) is 16.4. The molecule has 1 amide bonds. The first-order valence-corrected chi connectivity index (χ1v) is 10.5. The average molecular weight is 407 g/mol. The summed E-state index contributed by atoms with van der Waals surface area (Å²) in [5, 5.41) is 9.02. The first kappa shape index (κ1) is 19.3. The Bertz CT molecular complexity index is 1260. The summed E-state index contributed by atoms with van der Waals surface area (Å²) < 4.78 is 2.35. The van der Waals surface area contributed by atoms with Crippen LogP contribution in [0.3, 0.4) is 0 Å². The molecule has 0 bridgehead atoms. The molecular formula is C22H22N4O2S. The topological polar surface area (TPSA) is 76.9 Å². The lowest BCUT2D eigenvalue weighted by atomic mass is 10.1. The van der Waals surface area contributed by atoms with Crippen molar-refractivity contribution in [2.24, 2.45) is 7.05 Å². The van der Waals surface area contributed by atoms with E-state index < -0.39 is 0 Å². The summed E-state index contributed by atoms with van der Waals surface area (Å²) in [5.41, 5.74) is 2.58. The number of fused-ring (bicyclic) bond motifs is 2. The predicted molar refractivity (Wildman–Crippen MR) is 118 cm³/mol. The van der Waals surface area contributed by atoms with E-state index in [-0.39, 0.29) is 17.9 Å². The highest BCUT2D eigenvalue weighted by Gasteiger charge is 2.14. The SMILES string of the molecule is CCCCc1ccc2nc(NC(=O)Cc3nn(C)c(=O)c4ccccc34)sc2c1. The normalized spacial score (nSPS) is 11.2. The van der Waals surface area contributed by atoms with Crippen molar-refractivity contribution in [3.63, 3.8) is 0 Å². The zero-order valence-corrected chi connectivity index (χ0v) is 17.3. The molecule has 0 aliphatic heterocycles. The summed E-state index contributed by atoms with van der Waals surface area (Å²) in [5.74, 6) is -0.202. The highest BCUT2D eigenvalue weighted by Crippen LogP contribution is 2.27. The number of aromatic nitrogens is 3. The summed E-state index contributed by atoms with van der Waals surface area (Å²) in [4.78, 5) is 29.4. The minimum Gasteiger partial charge on any atom is -0.302 e. The van der Waals surface area contributed by atoms with Crippen LogP contribution in [-0.4, -0.2) is 20.7 Å². The molecular weight excluding hydrogens is 384 g/mol. The smallest absolute Gasteiger partial charge is 0.274 e. The number of rotatable bonds is 6. The van der Waals surface area contributed by atoms with E-state index in [0.29, 0.717) is 21.6 Å². The van der Waals surface area contributed by atoms with Crippen molar-refractivity contribution in [1.29, 1.82) is 0 Å². The van der Waals surface area contributed by atoms with Crippen molar-refractivity contribution in [3.05, 3.63) is 64.1 Å². The maximum atomic E-state index is 12.6. The number of aryl methyl sites for hydroxylation is 2. The molecule has 2 aromatic heterocycles. The van der Waals surface area contributed by atoms with E-state index in [4.69, 9.17) is 0 Å². The Labute approximate surface area is 172 Å². The van der Waals surface area contributed by atoms with Crippen LogP contribution in [0, 0.1) is 0 Å². The van der Waals surface area contributed by atoms with E-state index in [9.17, 15) is 9.59 Å². The maximum absolute atomic E-state index is 12.6. The second kappa shape index (κ2) is 8.13. The largest absolute Gasteiger partial charge is 0.302 e. The highest BCUT2D eigenvalue weighted by atomic mass is 32.1. The van der Waals surface area contributed by atoms with Gasteiger partial charge in [0.15, 0.2) is 5.13 Å². The summed E-state index contributed by atoms with van der Waals surface area (Å²) in [6.07, 6.45) is 3.45. The Morgan fingerprint density at radius 2 is 1.97 bits per heavy atom. The minimum absolute atomic E-state index is 0.0757. The molecule has 1 N–H and O–H groups in total. The molecule has 4 rings (SSSR count). The molecule has 29 heavy (non-hydrogen) atoms. The van der Waals surface area contributed by atoms with Gasteiger partial charge in [-0.3, -0.25) is 9.59 Å². The van der Waals surface area contributed by atoms with Gasteiger partial charge in [0.1, 0.15) is 0 Å². The van der Waals surface area contributed by atoms with Crippen molar-refractivity contribution >= 4 is 43.4 Å². The first-order chi connectivity index (χ1) is 14.0. The molecule has 6 nitrogen and oxygen atoms in total. The Kier molecular flexibility index (Phi) is 5.40. The van der Waals surface area contributed by atoms with Crippen LogP contribution < -0.4 is 10.9 Å². The van der Waals surface area contributed by atoms with Crippen LogP contribution in [0.25, 0.3) is 21.0 Å². The molecule has 2 heterocycles. The maximum Gasteiger partial charge on any atom is 0.274 e. The minimum atomic E-state index is -0.202. The van der Waals surface area contributed by atoms with Gasteiger partial charge in [-0.2, -0.15) is 5.10 Å². The standard InChI is InChI=1S/C22H22N4O2S/c1-3-4-7-14-10-11-17-19(12-14)29-22(23-17)24-20(27)13-18-15-8-5-6-9-16(15)21(28)26(2)25-18/h5-6,8-12H,3-4,7,13H2,1-2H3,(H,23,24,27). The number of hydrogen-bond acceptors (Lipinski definition) is 5. The van der Waals surface area contributed by atoms with Crippen molar-refractivity contribution in [2.75, 3.05) is 5.32 Å². The quantitative estimate of drug-likeness (QED) is 0.524. The molecule has 148 valence electrons. The molecule has 0 radical (unpaired) electrons. The van der Waals surface area contributed by atoms with E-state index in [0.717, 1.165) is 29.5 Å². The van der Waals surface area contributed by atoms with Crippen LogP contribution in [0.15, 0.2) is 47.3 Å². The van der Waals surface area contributed by atoms with Crippen LogP contribution in [0.1, 0.15) is 31.0 Å². The summed E-state index contributed by atoms with van der Waals surface area (Å²) in [6, 6.07) is 13.5. The molecule has 0 saturated heterocycles. The molecule has 4 aromatic rings. The van der Waals surface area contributed by atoms with E-state index in [2.05, 4.69) is 34.5 Å². The molecule has 7 heteroatoms. The Morgan fingerprint density at radius 3 is 2.76 bits per heavy atom.